The van der Waals surface area contributed by atoms with Crippen LogP contribution in [0, 0.1) is 11.3 Å². The van der Waals surface area contributed by atoms with Crippen LogP contribution in [0.25, 0.3) is 0 Å². The monoisotopic (exact) mass is 206 g/mol. The minimum absolute atomic E-state index is 0.255. The smallest absolute Gasteiger partial charge is 0.0695 e. The van der Waals surface area contributed by atoms with Crippen LogP contribution in [0.5, 0.6) is 0 Å². The summed E-state index contributed by atoms with van der Waals surface area (Å²) in [5, 5.41) is 0. The second kappa shape index (κ2) is 3.01. The van der Waals surface area contributed by atoms with Gasteiger partial charge in [0, 0.05) is 30.3 Å². The Hall–Kier alpha value is -0.960. The van der Waals surface area contributed by atoms with Gasteiger partial charge in [-0.1, -0.05) is 13.8 Å². The molecule has 0 aromatic carbocycles. The normalized spacial score (nSPS) is 37.1. The largest absolute Gasteiger partial charge is 0.377 e. The Morgan fingerprint density at radius 3 is 2.80 bits per heavy atom. The summed E-state index contributed by atoms with van der Waals surface area (Å²) in [5.74, 6) is 0.697. The molecule has 3 heteroatoms. The van der Waals surface area contributed by atoms with E-state index in [0.29, 0.717) is 18.1 Å². The third-order valence-corrected chi connectivity index (χ3v) is 3.99. The van der Waals surface area contributed by atoms with Crippen molar-refractivity contribution in [2.45, 2.75) is 32.4 Å². The van der Waals surface area contributed by atoms with Crippen LogP contribution in [0.15, 0.2) is 24.5 Å². The summed E-state index contributed by atoms with van der Waals surface area (Å²) in [4.78, 5) is 0. The maximum Gasteiger partial charge on any atom is 0.0695 e. The molecule has 0 bridgehead atoms. The van der Waals surface area contributed by atoms with E-state index in [1.165, 1.54) is 6.42 Å². The Balaban J connectivity index is 1.76. The van der Waals surface area contributed by atoms with Crippen LogP contribution in [-0.4, -0.2) is 23.4 Å². The van der Waals surface area contributed by atoms with Crippen LogP contribution < -0.4 is 5.43 Å². The summed E-state index contributed by atoms with van der Waals surface area (Å²) in [5.41, 5.74) is 3.81. The van der Waals surface area contributed by atoms with E-state index in [9.17, 15) is 0 Å². The highest BCUT2D eigenvalue weighted by Gasteiger charge is 2.59. The number of rotatable bonds is 2. The summed E-state index contributed by atoms with van der Waals surface area (Å²) in [6.45, 7) is 5.52. The van der Waals surface area contributed by atoms with Crippen molar-refractivity contribution in [2.75, 3.05) is 12.0 Å². The van der Waals surface area contributed by atoms with Crippen molar-refractivity contribution < 1.29 is 4.74 Å². The van der Waals surface area contributed by atoms with Crippen LogP contribution in [-0.2, 0) is 4.74 Å². The molecule has 2 heterocycles. The van der Waals surface area contributed by atoms with E-state index in [1.54, 1.807) is 0 Å². The van der Waals surface area contributed by atoms with Crippen LogP contribution in [0.1, 0.15) is 20.3 Å². The van der Waals surface area contributed by atoms with Crippen molar-refractivity contribution in [3.05, 3.63) is 24.5 Å². The summed E-state index contributed by atoms with van der Waals surface area (Å²) in [7, 11) is 0. The fourth-order valence-electron chi connectivity index (χ4n) is 3.17. The van der Waals surface area contributed by atoms with E-state index in [0.717, 1.165) is 6.61 Å². The third kappa shape index (κ3) is 1.22. The number of nitrogens with zero attached hydrogens (tertiary/aromatic N) is 1. The zero-order chi connectivity index (χ0) is 10.5. The summed E-state index contributed by atoms with van der Waals surface area (Å²) >= 11 is 0. The first-order valence-corrected chi connectivity index (χ1v) is 5.71. The average molecular weight is 206 g/mol. The molecule has 3 atom stereocenters. The molecule has 0 spiro atoms. The number of fused-ring (bicyclic) bond motifs is 1. The predicted molar refractivity (Wildman–Crippen MR) is 59.2 cm³/mol. The molecular weight excluding hydrogens is 188 g/mol. The van der Waals surface area contributed by atoms with Gasteiger partial charge in [0.25, 0.3) is 0 Å². The Morgan fingerprint density at radius 2 is 2.07 bits per heavy atom. The fourth-order valence-corrected chi connectivity index (χ4v) is 3.17. The van der Waals surface area contributed by atoms with E-state index in [-0.39, 0.29) is 5.41 Å². The van der Waals surface area contributed by atoms with E-state index in [2.05, 4.69) is 36.3 Å². The topological polar surface area (TPSA) is 26.2 Å². The zero-order valence-corrected chi connectivity index (χ0v) is 9.31. The molecule has 0 amide bonds. The Kier molecular flexibility index (Phi) is 1.87. The van der Waals surface area contributed by atoms with Crippen LogP contribution in [0.2, 0.25) is 0 Å². The lowest BCUT2D eigenvalue weighted by molar-refractivity contribution is -0.0958. The lowest BCUT2D eigenvalue weighted by Crippen LogP contribution is -2.64. The first-order chi connectivity index (χ1) is 7.19. The number of hydrogen-bond acceptors (Lipinski definition) is 2. The molecule has 3 unspecified atom stereocenters. The molecule has 1 saturated carbocycles. The summed E-state index contributed by atoms with van der Waals surface area (Å²) in [6, 6.07) is 4.63. The molecule has 1 aromatic heterocycles. The quantitative estimate of drug-likeness (QED) is 0.799. The molecule has 3 rings (SSSR count). The molecule has 15 heavy (non-hydrogen) atoms. The van der Waals surface area contributed by atoms with E-state index >= 15 is 0 Å². The van der Waals surface area contributed by atoms with Crippen LogP contribution >= 0.6 is 0 Å². The molecule has 1 saturated heterocycles. The zero-order valence-electron chi connectivity index (χ0n) is 9.31. The highest BCUT2D eigenvalue weighted by Crippen LogP contribution is 2.52. The summed E-state index contributed by atoms with van der Waals surface area (Å²) in [6.07, 6.45) is 5.77. The number of aromatic nitrogens is 1. The van der Waals surface area contributed by atoms with Gasteiger partial charge >= 0.3 is 0 Å². The standard InChI is InChI=1S/C12H18N2O/c1-12(2)10(9-5-8-15-11(9)12)13-14-6-3-4-7-14/h3-4,6-7,9-11,13H,5,8H2,1-2H3. The van der Waals surface area contributed by atoms with E-state index < -0.39 is 0 Å². The fraction of sp³-hybridized carbons (Fsp3) is 0.667. The van der Waals surface area contributed by atoms with Gasteiger partial charge in [0.1, 0.15) is 0 Å². The van der Waals surface area contributed by atoms with Crippen LogP contribution in [0.3, 0.4) is 0 Å². The minimum Gasteiger partial charge on any atom is -0.377 e. The molecule has 2 aliphatic rings. The predicted octanol–water partition coefficient (Wildman–Crippen LogP) is 1.85. The van der Waals surface area contributed by atoms with E-state index in [1.807, 2.05) is 12.1 Å². The Bertz CT molecular complexity index is 345. The SMILES string of the molecule is CC1(C)C(Nn2cccc2)C2CCOC21. The highest BCUT2D eigenvalue weighted by atomic mass is 16.5. The van der Waals surface area contributed by atoms with Gasteiger partial charge in [-0.2, -0.15) is 0 Å². The van der Waals surface area contributed by atoms with E-state index in [4.69, 9.17) is 4.74 Å². The van der Waals surface area contributed by atoms with Gasteiger partial charge < -0.3 is 10.2 Å². The molecule has 1 aromatic rings. The van der Waals surface area contributed by atoms with Gasteiger partial charge in [-0.05, 0) is 18.6 Å². The van der Waals surface area contributed by atoms with Gasteiger partial charge in [-0.3, -0.25) is 4.68 Å². The second-order valence-electron chi connectivity index (χ2n) is 5.26. The van der Waals surface area contributed by atoms with Gasteiger partial charge in [-0.15, -0.1) is 0 Å². The molecule has 1 N–H and O–H groups in total. The lowest BCUT2D eigenvalue weighted by atomic mass is 9.57. The Labute approximate surface area is 90.4 Å². The van der Waals surface area contributed by atoms with Crippen molar-refractivity contribution in [2.24, 2.45) is 11.3 Å². The van der Waals surface area contributed by atoms with Crippen molar-refractivity contribution in [3.63, 3.8) is 0 Å². The maximum absolute atomic E-state index is 5.77. The third-order valence-electron chi connectivity index (χ3n) is 3.99. The van der Waals surface area contributed by atoms with Gasteiger partial charge in [-0.25, -0.2) is 0 Å². The van der Waals surface area contributed by atoms with Crippen molar-refractivity contribution in [1.29, 1.82) is 0 Å². The minimum atomic E-state index is 0.255. The molecule has 82 valence electrons. The number of ether oxygens (including phenoxy) is 1. The first-order valence-electron chi connectivity index (χ1n) is 5.71. The highest BCUT2D eigenvalue weighted by molar-refractivity contribution is 5.16. The molecule has 2 fully saturated rings. The second-order valence-corrected chi connectivity index (χ2v) is 5.26. The first kappa shape index (κ1) is 9.28. The van der Waals surface area contributed by atoms with Crippen molar-refractivity contribution >= 4 is 0 Å². The number of hydrogen-bond donors (Lipinski definition) is 1. The van der Waals surface area contributed by atoms with Crippen molar-refractivity contribution in [3.8, 4) is 0 Å². The van der Waals surface area contributed by atoms with Crippen LogP contribution in [0.4, 0.5) is 0 Å². The van der Waals surface area contributed by atoms with Crippen molar-refractivity contribution in [1.82, 2.24) is 4.68 Å². The molecule has 0 radical (unpaired) electrons. The molecule has 1 aliphatic heterocycles. The van der Waals surface area contributed by atoms with Gasteiger partial charge in [0.2, 0.25) is 0 Å². The Morgan fingerprint density at radius 1 is 1.33 bits per heavy atom. The molecule has 1 aliphatic carbocycles. The molecule has 3 nitrogen and oxygen atoms in total. The van der Waals surface area contributed by atoms with Gasteiger partial charge in [0.05, 0.1) is 12.1 Å². The summed E-state index contributed by atoms with van der Waals surface area (Å²) < 4.78 is 7.82. The maximum atomic E-state index is 5.77. The number of nitrogens with one attached hydrogen (secondary N) is 1. The average Bonchev–Trinajstić information content (AvgIpc) is 2.84. The molecular formula is C12H18N2O. The lowest BCUT2D eigenvalue weighted by Gasteiger charge is -2.54. The van der Waals surface area contributed by atoms with Gasteiger partial charge in [0.15, 0.2) is 0 Å².